The van der Waals surface area contributed by atoms with Crippen molar-refractivity contribution in [2.24, 2.45) is 5.73 Å². The first-order chi connectivity index (χ1) is 5.36. The van der Waals surface area contributed by atoms with E-state index in [9.17, 15) is 0 Å². The molecule has 2 N–H and O–H groups in total. The van der Waals surface area contributed by atoms with Crippen LogP contribution in [0.5, 0.6) is 0 Å². The lowest BCUT2D eigenvalue weighted by Gasteiger charge is -2.28. The summed E-state index contributed by atoms with van der Waals surface area (Å²) < 4.78 is 10.9. The molecule has 2 unspecified atom stereocenters. The van der Waals surface area contributed by atoms with Crippen LogP contribution in [0.4, 0.5) is 0 Å². The van der Waals surface area contributed by atoms with Crippen molar-refractivity contribution in [2.45, 2.75) is 38.6 Å². The van der Waals surface area contributed by atoms with Crippen LogP contribution in [0.25, 0.3) is 0 Å². The van der Waals surface area contributed by atoms with Gasteiger partial charge in [-0.2, -0.15) is 0 Å². The van der Waals surface area contributed by atoms with Gasteiger partial charge in [-0.3, -0.25) is 0 Å². The highest BCUT2D eigenvalue weighted by atomic mass is 16.7. The zero-order valence-electron chi connectivity index (χ0n) is 7.08. The molecule has 0 amide bonds. The molecule has 0 aromatic rings. The maximum absolute atomic E-state index is 5.53. The number of ether oxygens (including phenoxy) is 2. The fraction of sp³-hybridized carbons (Fsp3) is 1.00. The van der Waals surface area contributed by atoms with E-state index in [-0.39, 0.29) is 12.4 Å². The highest BCUT2D eigenvalue weighted by Gasteiger charge is 2.20. The van der Waals surface area contributed by atoms with Gasteiger partial charge in [0.15, 0.2) is 6.29 Å². The van der Waals surface area contributed by atoms with Crippen LogP contribution in [-0.4, -0.2) is 25.5 Å². The molecule has 1 fully saturated rings. The number of hydrogen-bond donors (Lipinski definition) is 1. The fourth-order valence-electron chi connectivity index (χ4n) is 1.34. The van der Waals surface area contributed by atoms with Crippen LogP contribution in [0.15, 0.2) is 0 Å². The molecule has 3 heteroatoms. The Morgan fingerprint density at radius 2 is 2.36 bits per heavy atom. The molecule has 0 spiro atoms. The van der Waals surface area contributed by atoms with E-state index in [0.29, 0.717) is 6.54 Å². The predicted molar refractivity (Wildman–Crippen MR) is 43.2 cm³/mol. The van der Waals surface area contributed by atoms with Crippen molar-refractivity contribution in [2.75, 3.05) is 13.2 Å². The van der Waals surface area contributed by atoms with Gasteiger partial charge in [0, 0.05) is 13.2 Å². The molecule has 1 rings (SSSR count). The summed E-state index contributed by atoms with van der Waals surface area (Å²) in [6.45, 7) is 3.32. The molecule has 11 heavy (non-hydrogen) atoms. The van der Waals surface area contributed by atoms with Gasteiger partial charge < -0.3 is 15.2 Å². The van der Waals surface area contributed by atoms with Crippen molar-refractivity contribution < 1.29 is 9.47 Å². The molecule has 1 saturated heterocycles. The third-order valence-electron chi connectivity index (χ3n) is 1.93. The Balaban J connectivity index is 2.21. The topological polar surface area (TPSA) is 44.5 Å². The molecular weight excluding hydrogens is 142 g/mol. The maximum atomic E-state index is 5.53. The van der Waals surface area contributed by atoms with E-state index in [2.05, 4.69) is 0 Å². The molecule has 2 atom stereocenters. The van der Waals surface area contributed by atoms with Gasteiger partial charge in [0.1, 0.15) is 0 Å². The number of rotatable bonds is 3. The van der Waals surface area contributed by atoms with Crippen LogP contribution in [0, 0.1) is 0 Å². The van der Waals surface area contributed by atoms with E-state index in [1.165, 1.54) is 6.42 Å². The van der Waals surface area contributed by atoms with E-state index < -0.39 is 0 Å². The zero-order chi connectivity index (χ0) is 8.10. The second kappa shape index (κ2) is 4.70. The number of hydrogen-bond acceptors (Lipinski definition) is 3. The van der Waals surface area contributed by atoms with Crippen LogP contribution in [0.2, 0.25) is 0 Å². The Bertz CT molecular complexity index is 106. The van der Waals surface area contributed by atoms with Crippen LogP contribution in [0.3, 0.4) is 0 Å². The Morgan fingerprint density at radius 1 is 1.55 bits per heavy atom. The van der Waals surface area contributed by atoms with Crippen molar-refractivity contribution in [1.82, 2.24) is 0 Å². The smallest absolute Gasteiger partial charge is 0.157 e. The highest BCUT2D eigenvalue weighted by Crippen LogP contribution is 2.18. The van der Waals surface area contributed by atoms with Gasteiger partial charge >= 0.3 is 0 Å². The van der Waals surface area contributed by atoms with Gasteiger partial charge in [-0.15, -0.1) is 0 Å². The summed E-state index contributed by atoms with van der Waals surface area (Å²) in [6.07, 6.45) is 3.50. The monoisotopic (exact) mass is 159 g/mol. The molecule has 0 bridgehead atoms. The van der Waals surface area contributed by atoms with E-state index in [4.69, 9.17) is 15.2 Å². The summed E-state index contributed by atoms with van der Waals surface area (Å²) in [7, 11) is 0. The zero-order valence-corrected chi connectivity index (χ0v) is 7.08. The Morgan fingerprint density at radius 3 is 3.00 bits per heavy atom. The molecule has 0 aliphatic carbocycles. The Labute approximate surface area is 67.9 Å². The summed E-state index contributed by atoms with van der Waals surface area (Å²) in [5, 5.41) is 0. The largest absolute Gasteiger partial charge is 0.353 e. The van der Waals surface area contributed by atoms with Crippen LogP contribution in [-0.2, 0) is 9.47 Å². The molecule has 0 radical (unpaired) electrons. The predicted octanol–water partition coefficient (Wildman–Crippen LogP) is 0.877. The normalized spacial score (nSPS) is 32.2. The summed E-state index contributed by atoms with van der Waals surface area (Å²) >= 11 is 0. The van der Waals surface area contributed by atoms with Crippen LogP contribution >= 0.6 is 0 Å². The molecule has 0 saturated carbocycles. The van der Waals surface area contributed by atoms with E-state index in [1.54, 1.807) is 0 Å². The quantitative estimate of drug-likeness (QED) is 0.664. The van der Waals surface area contributed by atoms with Gasteiger partial charge in [0.25, 0.3) is 0 Å². The molecule has 0 aromatic carbocycles. The summed E-state index contributed by atoms with van der Waals surface area (Å²) in [5.41, 5.74) is 5.48. The lowest BCUT2D eigenvalue weighted by atomic mass is 10.1. The van der Waals surface area contributed by atoms with E-state index in [0.717, 1.165) is 19.4 Å². The summed E-state index contributed by atoms with van der Waals surface area (Å²) in [5.74, 6) is 0. The standard InChI is InChI=1S/C8H17NO2/c1-2-10-8-5-3-4-7(6-9)11-8/h7-8H,2-6,9H2,1H3. The SMILES string of the molecule is CCOC1CCCC(CN)O1. The lowest BCUT2D eigenvalue weighted by molar-refractivity contribution is -0.188. The second-order valence-corrected chi connectivity index (χ2v) is 2.81. The maximum Gasteiger partial charge on any atom is 0.157 e. The summed E-state index contributed by atoms with van der Waals surface area (Å²) in [4.78, 5) is 0. The van der Waals surface area contributed by atoms with Gasteiger partial charge in [0.05, 0.1) is 6.10 Å². The first-order valence-corrected chi connectivity index (χ1v) is 4.34. The number of nitrogens with two attached hydrogens (primary N) is 1. The van der Waals surface area contributed by atoms with Crippen molar-refractivity contribution in [3.05, 3.63) is 0 Å². The average Bonchev–Trinajstić information content (AvgIpc) is 2.06. The van der Waals surface area contributed by atoms with E-state index in [1.807, 2.05) is 6.92 Å². The molecule has 66 valence electrons. The minimum atomic E-state index is 0.00213. The molecule has 1 aliphatic rings. The minimum Gasteiger partial charge on any atom is -0.353 e. The lowest BCUT2D eigenvalue weighted by Crippen LogP contribution is -2.34. The first-order valence-electron chi connectivity index (χ1n) is 4.34. The minimum absolute atomic E-state index is 0.00213. The highest BCUT2D eigenvalue weighted by molar-refractivity contribution is 4.66. The third-order valence-corrected chi connectivity index (χ3v) is 1.93. The third kappa shape index (κ3) is 2.77. The van der Waals surface area contributed by atoms with Crippen LogP contribution < -0.4 is 5.73 Å². The van der Waals surface area contributed by atoms with E-state index >= 15 is 0 Å². The molecular formula is C8H17NO2. The first kappa shape index (κ1) is 8.97. The Hall–Kier alpha value is -0.120. The van der Waals surface area contributed by atoms with Crippen molar-refractivity contribution in [1.29, 1.82) is 0 Å². The van der Waals surface area contributed by atoms with Gasteiger partial charge in [-0.1, -0.05) is 0 Å². The van der Waals surface area contributed by atoms with Crippen LogP contribution in [0.1, 0.15) is 26.2 Å². The van der Waals surface area contributed by atoms with Gasteiger partial charge in [0.2, 0.25) is 0 Å². The van der Waals surface area contributed by atoms with Gasteiger partial charge in [-0.25, -0.2) is 0 Å². The molecule has 0 aromatic heterocycles. The molecule has 1 aliphatic heterocycles. The van der Waals surface area contributed by atoms with Crippen molar-refractivity contribution >= 4 is 0 Å². The van der Waals surface area contributed by atoms with Gasteiger partial charge in [-0.05, 0) is 26.2 Å². The average molecular weight is 159 g/mol. The molecule has 1 heterocycles. The van der Waals surface area contributed by atoms with Crippen molar-refractivity contribution in [3.8, 4) is 0 Å². The molecule has 3 nitrogen and oxygen atoms in total. The fourth-order valence-corrected chi connectivity index (χ4v) is 1.34. The second-order valence-electron chi connectivity index (χ2n) is 2.81. The Kier molecular flexibility index (Phi) is 3.83. The summed E-state index contributed by atoms with van der Waals surface area (Å²) in [6, 6.07) is 0. The van der Waals surface area contributed by atoms with Crippen molar-refractivity contribution in [3.63, 3.8) is 0 Å².